The minimum atomic E-state index is -1.07. The number of β-lactam (4-membered cyclic amide) rings is 1. The quantitative estimate of drug-likeness (QED) is 0.620. The van der Waals surface area contributed by atoms with Crippen LogP contribution in [0.4, 0.5) is 0 Å². The first-order valence-electron chi connectivity index (χ1n) is 8.71. The Kier molecular flexibility index (Phi) is 5.11. The molecule has 4 atom stereocenters. The molecule has 2 saturated heterocycles. The SMILES string of the molecule is CCSC1C[C@H]2[C@H](C(C)(C)O)C(=O)N2C1C(=O)OCc1ccccc1. The molecule has 1 amide bonds. The molecular weight excluding hydrogens is 338 g/mol. The van der Waals surface area contributed by atoms with E-state index in [1.54, 1.807) is 30.5 Å². The number of nitrogens with zero attached hydrogens (tertiary/aromatic N) is 1. The third-order valence-electron chi connectivity index (χ3n) is 5.00. The molecule has 1 N–H and O–H groups in total. The molecule has 6 heteroatoms. The van der Waals surface area contributed by atoms with Gasteiger partial charge in [-0.1, -0.05) is 37.3 Å². The van der Waals surface area contributed by atoms with Crippen LogP contribution in [0.15, 0.2) is 30.3 Å². The summed E-state index contributed by atoms with van der Waals surface area (Å²) >= 11 is 1.68. The van der Waals surface area contributed by atoms with Gasteiger partial charge in [-0.3, -0.25) is 4.79 Å². The van der Waals surface area contributed by atoms with E-state index < -0.39 is 17.6 Å². The Hall–Kier alpha value is -1.53. The number of aliphatic hydroxyl groups is 1. The third-order valence-corrected chi connectivity index (χ3v) is 6.21. The standard InChI is InChI=1S/C19H25NO4S/c1-4-25-14-10-13-15(19(2,3)23)17(21)20(13)16(14)18(22)24-11-12-8-6-5-7-9-12/h5-9,13-16,23H,4,10-11H2,1-3H3/t13-,14?,15-,16?/m0/s1. The van der Waals surface area contributed by atoms with Crippen molar-refractivity contribution in [3.63, 3.8) is 0 Å². The largest absolute Gasteiger partial charge is 0.459 e. The Labute approximate surface area is 152 Å². The fourth-order valence-electron chi connectivity index (χ4n) is 3.93. The summed E-state index contributed by atoms with van der Waals surface area (Å²) in [6.45, 7) is 5.58. The molecule has 0 radical (unpaired) electrons. The van der Waals surface area contributed by atoms with Crippen LogP contribution in [0.5, 0.6) is 0 Å². The molecule has 0 aliphatic carbocycles. The van der Waals surface area contributed by atoms with Crippen LogP contribution in [0.1, 0.15) is 32.8 Å². The van der Waals surface area contributed by atoms with E-state index in [4.69, 9.17) is 4.74 Å². The number of thioether (sulfide) groups is 1. The van der Waals surface area contributed by atoms with E-state index in [-0.39, 0.29) is 29.8 Å². The van der Waals surface area contributed by atoms with Gasteiger partial charge in [0.2, 0.25) is 5.91 Å². The van der Waals surface area contributed by atoms with E-state index in [1.807, 2.05) is 37.3 Å². The lowest BCUT2D eigenvalue weighted by atomic mass is 9.76. The molecule has 0 aromatic heterocycles. The number of rotatable bonds is 6. The summed E-state index contributed by atoms with van der Waals surface area (Å²) in [4.78, 5) is 26.9. The molecule has 0 spiro atoms. The van der Waals surface area contributed by atoms with Gasteiger partial charge in [0, 0.05) is 11.3 Å². The molecule has 1 aromatic rings. The molecule has 136 valence electrons. The molecule has 2 unspecified atom stereocenters. The van der Waals surface area contributed by atoms with Crippen molar-refractivity contribution in [3.8, 4) is 0 Å². The first-order chi connectivity index (χ1) is 11.8. The summed E-state index contributed by atoms with van der Waals surface area (Å²) in [6, 6.07) is 8.89. The number of amides is 1. The van der Waals surface area contributed by atoms with E-state index in [0.29, 0.717) is 0 Å². The molecule has 25 heavy (non-hydrogen) atoms. The molecule has 1 aromatic carbocycles. The predicted octanol–water partition coefficient (Wildman–Crippen LogP) is 2.22. The number of carbonyl (C=O) groups is 2. The summed E-state index contributed by atoms with van der Waals surface area (Å²) in [6.07, 6.45) is 0.726. The van der Waals surface area contributed by atoms with Crippen LogP contribution in [0, 0.1) is 5.92 Å². The summed E-state index contributed by atoms with van der Waals surface area (Å²) in [5.74, 6) is -0.0488. The van der Waals surface area contributed by atoms with Gasteiger partial charge in [0.25, 0.3) is 0 Å². The fraction of sp³-hybridized carbons (Fsp3) is 0.579. The van der Waals surface area contributed by atoms with Gasteiger partial charge in [0.15, 0.2) is 0 Å². The molecule has 0 saturated carbocycles. The summed E-state index contributed by atoms with van der Waals surface area (Å²) < 4.78 is 5.50. The number of esters is 1. The second kappa shape index (κ2) is 7.00. The van der Waals surface area contributed by atoms with E-state index in [2.05, 4.69) is 0 Å². The monoisotopic (exact) mass is 363 g/mol. The maximum Gasteiger partial charge on any atom is 0.330 e. The molecule has 2 heterocycles. The third kappa shape index (κ3) is 3.42. The van der Waals surface area contributed by atoms with Crippen LogP contribution in [0.25, 0.3) is 0 Å². The van der Waals surface area contributed by atoms with Crippen LogP contribution < -0.4 is 0 Å². The zero-order valence-electron chi connectivity index (χ0n) is 14.8. The van der Waals surface area contributed by atoms with Gasteiger partial charge in [-0.2, -0.15) is 11.8 Å². The maximum absolute atomic E-state index is 12.7. The van der Waals surface area contributed by atoms with E-state index in [9.17, 15) is 14.7 Å². The van der Waals surface area contributed by atoms with Crippen molar-refractivity contribution in [1.82, 2.24) is 4.90 Å². The van der Waals surface area contributed by atoms with E-state index in [0.717, 1.165) is 17.7 Å². The van der Waals surface area contributed by atoms with Crippen molar-refractivity contribution in [3.05, 3.63) is 35.9 Å². The summed E-state index contributed by atoms with van der Waals surface area (Å²) in [5, 5.41) is 10.3. The van der Waals surface area contributed by atoms with Crippen molar-refractivity contribution in [2.24, 2.45) is 5.92 Å². The minimum Gasteiger partial charge on any atom is -0.459 e. The van der Waals surface area contributed by atoms with E-state index in [1.165, 1.54) is 0 Å². The number of fused-ring (bicyclic) bond motifs is 1. The van der Waals surface area contributed by atoms with E-state index >= 15 is 0 Å². The lowest BCUT2D eigenvalue weighted by Gasteiger charge is -2.49. The van der Waals surface area contributed by atoms with Crippen molar-refractivity contribution < 1.29 is 19.4 Å². The van der Waals surface area contributed by atoms with Crippen LogP contribution >= 0.6 is 11.8 Å². The number of benzene rings is 1. The Balaban J connectivity index is 1.72. The first-order valence-corrected chi connectivity index (χ1v) is 9.76. The Morgan fingerprint density at radius 2 is 2.04 bits per heavy atom. The van der Waals surface area contributed by atoms with Crippen LogP contribution in [-0.4, -0.2) is 50.6 Å². The average molecular weight is 363 g/mol. The highest BCUT2D eigenvalue weighted by Gasteiger charge is 2.63. The highest BCUT2D eigenvalue weighted by atomic mass is 32.2. The lowest BCUT2D eigenvalue weighted by Crippen LogP contribution is -2.67. The van der Waals surface area contributed by atoms with Gasteiger partial charge in [-0.25, -0.2) is 4.79 Å². The van der Waals surface area contributed by atoms with Crippen LogP contribution in [0.2, 0.25) is 0 Å². The maximum atomic E-state index is 12.7. The second-order valence-corrected chi connectivity index (χ2v) is 8.73. The number of hydrogen-bond donors (Lipinski definition) is 1. The number of hydrogen-bond acceptors (Lipinski definition) is 5. The number of ether oxygens (including phenoxy) is 1. The predicted molar refractivity (Wildman–Crippen MR) is 97.0 cm³/mol. The van der Waals surface area contributed by atoms with Gasteiger partial charge in [-0.15, -0.1) is 0 Å². The normalized spacial score (nSPS) is 28.5. The van der Waals surface area contributed by atoms with Gasteiger partial charge >= 0.3 is 5.97 Å². The Bertz CT molecular complexity index is 643. The lowest BCUT2D eigenvalue weighted by molar-refractivity contribution is -0.179. The summed E-state index contributed by atoms with van der Waals surface area (Å²) in [5.41, 5.74) is -0.142. The molecule has 2 fully saturated rings. The molecular formula is C19H25NO4S. The summed E-state index contributed by atoms with van der Waals surface area (Å²) in [7, 11) is 0. The highest BCUT2D eigenvalue weighted by molar-refractivity contribution is 7.99. The van der Waals surface area contributed by atoms with Crippen LogP contribution in [0.3, 0.4) is 0 Å². The highest BCUT2D eigenvalue weighted by Crippen LogP contribution is 2.47. The van der Waals surface area contributed by atoms with Gasteiger partial charge in [-0.05, 0) is 31.6 Å². The van der Waals surface area contributed by atoms with Crippen LogP contribution in [-0.2, 0) is 20.9 Å². The van der Waals surface area contributed by atoms with Crippen molar-refractivity contribution in [1.29, 1.82) is 0 Å². The smallest absolute Gasteiger partial charge is 0.330 e. The minimum absolute atomic E-state index is 0.0228. The van der Waals surface area contributed by atoms with Gasteiger partial charge < -0.3 is 14.7 Å². The number of carbonyl (C=O) groups excluding carboxylic acids is 2. The molecule has 2 aliphatic rings. The molecule has 5 nitrogen and oxygen atoms in total. The Morgan fingerprint density at radius 3 is 2.64 bits per heavy atom. The second-order valence-electron chi connectivity index (χ2n) is 7.21. The fourth-order valence-corrected chi connectivity index (χ4v) is 5.12. The van der Waals surface area contributed by atoms with Crippen molar-refractivity contribution >= 4 is 23.6 Å². The topological polar surface area (TPSA) is 66.8 Å². The van der Waals surface area contributed by atoms with Crippen molar-refractivity contribution in [2.75, 3.05) is 5.75 Å². The zero-order valence-corrected chi connectivity index (χ0v) is 15.7. The Morgan fingerprint density at radius 1 is 1.36 bits per heavy atom. The van der Waals surface area contributed by atoms with Gasteiger partial charge in [0.05, 0.1) is 11.5 Å². The zero-order chi connectivity index (χ0) is 18.2. The molecule has 3 rings (SSSR count). The average Bonchev–Trinajstić information content (AvgIpc) is 2.86. The first kappa shape index (κ1) is 18.3. The van der Waals surface area contributed by atoms with Crippen molar-refractivity contribution in [2.45, 2.75) is 56.7 Å². The van der Waals surface area contributed by atoms with Gasteiger partial charge in [0.1, 0.15) is 12.6 Å². The molecule has 2 aliphatic heterocycles. The molecule has 0 bridgehead atoms.